The molecule has 120 valence electrons. The molecule has 0 atom stereocenters. The number of aromatic nitrogens is 1. The number of benzene rings is 1. The van der Waals surface area contributed by atoms with Gasteiger partial charge in [-0.15, -0.1) is 0 Å². The van der Waals surface area contributed by atoms with Gasteiger partial charge in [0.25, 0.3) is 11.8 Å². The average molecular weight is 312 g/mol. The predicted octanol–water partition coefficient (Wildman–Crippen LogP) is 3.08. The molecule has 2 aromatic rings. The molecule has 23 heavy (non-hydrogen) atoms. The second kappa shape index (κ2) is 5.41. The third-order valence-electron chi connectivity index (χ3n) is 4.89. The number of rotatable bonds is 3. The van der Waals surface area contributed by atoms with Gasteiger partial charge < -0.3 is 9.64 Å². The number of ether oxygens (including phenoxy) is 1. The zero-order chi connectivity index (χ0) is 16.0. The molecule has 1 fully saturated rings. The summed E-state index contributed by atoms with van der Waals surface area (Å²) in [5.41, 5.74) is 1.24. The summed E-state index contributed by atoms with van der Waals surface area (Å²) < 4.78 is 7.08. The van der Waals surface area contributed by atoms with Gasteiger partial charge in [0.05, 0.1) is 12.1 Å². The van der Waals surface area contributed by atoms with Gasteiger partial charge in [-0.1, -0.05) is 12.8 Å². The quantitative estimate of drug-likeness (QED) is 0.875. The molecule has 0 unspecified atom stereocenters. The Labute approximate surface area is 134 Å². The molecule has 5 heteroatoms. The highest BCUT2D eigenvalue weighted by Gasteiger charge is 2.36. The molecule has 1 aliphatic carbocycles. The molecule has 2 heterocycles. The lowest BCUT2D eigenvalue weighted by Crippen LogP contribution is -2.48. The maximum absolute atomic E-state index is 12.9. The Bertz CT molecular complexity index is 787. The van der Waals surface area contributed by atoms with E-state index in [2.05, 4.69) is 0 Å². The number of hydrogen-bond donors (Lipinski definition) is 0. The monoisotopic (exact) mass is 312 g/mol. The molecule has 1 aromatic carbocycles. The van der Waals surface area contributed by atoms with Gasteiger partial charge in [0.2, 0.25) is 0 Å². The van der Waals surface area contributed by atoms with E-state index >= 15 is 0 Å². The summed E-state index contributed by atoms with van der Waals surface area (Å²) in [5.74, 6) is 0.667. The van der Waals surface area contributed by atoms with Gasteiger partial charge in [0.1, 0.15) is 18.0 Å². The number of carbonyl (C=O) groups is 2. The van der Waals surface area contributed by atoms with Gasteiger partial charge in [-0.3, -0.25) is 14.2 Å². The minimum atomic E-state index is -0.0323. The molecule has 0 bridgehead atoms. The average Bonchev–Trinajstić information content (AvgIpc) is 3.18. The Morgan fingerprint density at radius 1 is 1.17 bits per heavy atom. The van der Waals surface area contributed by atoms with Crippen LogP contribution < -0.4 is 4.74 Å². The largest absolute Gasteiger partial charge is 0.494 e. The summed E-state index contributed by atoms with van der Waals surface area (Å²) in [5, 5.41) is 0.901. The molecular formula is C18H20N2O3. The van der Waals surface area contributed by atoms with Crippen molar-refractivity contribution in [3.63, 3.8) is 0 Å². The van der Waals surface area contributed by atoms with Crippen LogP contribution in [0.5, 0.6) is 5.75 Å². The first kappa shape index (κ1) is 14.3. The van der Waals surface area contributed by atoms with Crippen LogP contribution in [0.1, 0.15) is 47.9 Å². The minimum Gasteiger partial charge on any atom is -0.494 e. The van der Waals surface area contributed by atoms with Crippen LogP contribution in [0.15, 0.2) is 24.3 Å². The fourth-order valence-corrected chi connectivity index (χ4v) is 3.81. The molecule has 1 saturated carbocycles. The normalized spacial score (nSPS) is 18.7. The second-order valence-electron chi connectivity index (χ2n) is 6.28. The SMILES string of the molecule is CCOc1ccc2cc3n(c2c1)C(=O)CN(C1CCCC1)C3=O. The fourth-order valence-electron chi connectivity index (χ4n) is 3.81. The van der Waals surface area contributed by atoms with Crippen molar-refractivity contribution in [1.29, 1.82) is 0 Å². The van der Waals surface area contributed by atoms with Crippen molar-refractivity contribution in [3.8, 4) is 5.75 Å². The summed E-state index contributed by atoms with van der Waals surface area (Å²) in [7, 11) is 0. The third-order valence-corrected chi connectivity index (χ3v) is 4.89. The summed E-state index contributed by atoms with van der Waals surface area (Å²) in [6.07, 6.45) is 4.30. The van der Waals surface area contributed by atoms with Crippen LogP contribution in [0.2, 0.25) is 0 Å². The summed E-state index contributed by atoms with van der Waals surface area (Å²) in [6, 6.07) is 7.68. The Morgan fingerprint density at radius 3 is 2.70 bits per heavy atom. The first-order chi connectivity index (χ1) is 11.2. The third kappa shape index (κ3) is 2.22. The molecule has 0 N–H and O–H groups in total. The van der Waals surface area contributed by atoms with Crippen molar-refractivity contribution in [2.24, 2.45) is 0 Å². The molecule has 1 amide bonds. The number of nitrogens with zero attached hydrogens (tertiary/aromatic N) is 2. The van der Waals surface area contributed by atoms with Crippen LogP contribution >= 0.6 is 0 Å². The van der Waals surface area contributed by atoms with E-state index in [1.807, 2.05) is 31.2 Å². The van der Waals surface area contributed by atoms with Crippen molar-refractivity contribution in [2.45, 2.75) is 38.6 Å². The topological polar surface area (TPSA) is 51.5 Å². The van der Waals surface area contributed by atoms with E-state index in [0.717, 1.165) is 42.3 Å². The Kier molecular flexibility index (Phi) is 3.36. The van der Waals surface area contributed by atoms with Gasteiger partial charge in [-0.05, 0) is 38.0 Å². The Hall–Kier alpha value is -2.30. The van der Waals surface area contributed by atoms with Crippen molar-refractivity contribution >= 4 is 22.7 Å². The molecule has 4 rings (SSSR count). The smallest absolute Gasteiger partial charge is 0.271 e. The maximum Gasteiger partial charge on any atom is 0.271 e. The molecule has 1 aromatic heterocycles. The van der Waals surface area contributed by atoms with Crippen LogP contribution in [0, 0.1) is 0 Å². The van der Waals surface area contributed by atoms with Crippen molar-refractivity contribution in [3.05, 3.63) is 30.0 Å². The highest BCUT2D eigenvalue weighted by atomic mass is 16.5. The lowest BCUT2D eigenvalue weighted by molar-refractivity contribution is 0.0555. The molecule has 0 saturated heterocycles. The van der Waals surface area contributed by atoms with Crippen molar-refractivity contribution < 1.29 is 14.3 Å². The molecule has 2 aliphatic rings. The zero-order valence-electron chi connectivity index (χ0n) is 13.2. The van der Waals surface area contributed by atoms with Gasteiger partial charge in [-0.2, -0.15) is 0 Å². The molecule has 1 aliphatic heterocycles. The number of fused-ring (bicyclic) bond motifs is 3. The molecular weight excluding hydrogens is 292 g/mol. The van der Waals surface area contributed by atoms with Crippen molar-refractivity contribution in [1.82, 2.24) is 9.47 Å². The maximum atomic E-state index is 12.9. The van der Waals surface area contributed by atoms with Gasteiger partial charge in [-0.25, -0.2) is 0 Å². The predicted molar refractivity (Wildman–Crippen MR) is 87.0 cm³/mol. The second-order valence-corrected chi connectivity index (χ2v) is 6.28. The minimum absolute atomic E-state index is 0.0225. The van der Waals surface area contributed by atoms with Gasteiger partial charge in [0.15, 0.2) is 0 Å². The van der Waals surface area contributed by atoms with Gasteiger partial charge in [0, 0.05) is 17.5 Å². The van der Waals surface area contributed by atoms with E-state index in [0.29, 0.717) is 12.3 Å². The summed E-state index contributed by atoms with van der Waals surface area (Å²) >= 11 is 0. The first-order valence-corrected chi connectivity index (χ1v) is 8.31. The van der Waals surface area contributed by atoms with E-state index in [9.17, 15) is 9.59 Å². The number of hydrogen-bond acceptors (Lipinski definition) is 3. The van der Waals surface area contributed by atoms with Crippen LogP contribution in [0.25, 0.3) is 10.9 Å². The Balaban J connectivity index is 1.79. The highest BCUT2D eigenvalue weighted by Crippen LogP contribution is 2.31. The lowest BCUT2D eigenvalue weighted by atomic mass is 10.1. The lowest BCUT2D eigenvalue weighted by Gasteiger charge is -2.32. The van der Waals surface area contributed by atoms with Crippen molar-refractivity contribution in [2.75, 3.05) is 13.2 Å². The molecule has 5 nitrogen and oxygen atoms in total. The van der Waals surface area contributed by atoms with Gasteiger partial charge >= 0.3 is 0 Å². The van der Waals surface area contributed by atoms with Crippen LogP contribution in [-0.2, 0) is 0 Å². The van der Waals surface area contributed by atoms with E-state index in [1.54, 1.807) is 9.47 Å². The van der Waals surface area contributed by atoms with Crippen LogP contribution in [0.4, 0.5) is 0 Å². The van der Waals surface area contributed by atoms with E-state index in [4.69, 9.17) is 4.74 Å². The molecule has 0 spiro atoms. The fraction of sp³-hybridized carbons (Fsp3) is 0.444. The zero-order valence-corrected chi connectivity index (χ0v) is 13.2. The Morgan fingerprint density at radius 2 is 1.96 bits per heavy atom. The summed E-state index contributed by atoms with van der Waals surface area (Å²) in [4.78, 5) is 27.3. The van der Waals surface area contributed by atoms with E-state index in [1.165, 1.54) is 0 Å². The highest BCUT2D eigenvalue weighted by molar-refractivity contribution is 6.09. The van der Waals surface area contributed by atoms with E-state index < -0.39 is 0 Å². The van der Waals surface area contributed by atoms with Crippen LogP contribution in [0.3, 0.4) is 0 Å². The summed E-state index contributed by atoms with van der Waals surface area (Å²) in [6.45, 7) is 2.67. The standard InChI is InChI=1S/C18H20N2O3/c1-2-23-14-8-7-12-9-16-18(22)19(13-5-3-4-6-13)11-17(21)20(16)15(12)10-14/h7-10,13H,2-6,11H2,1H3. The first-order valence-electron chi connectivity index (χ1n) is 8.31. The number of carbonyl (C=O) groups excluding carboxylic acids is 2. The van der Waals surface area contributed by atoms with E-state index in [-0.39, 0.29) is 24.4 Å². The number of amides is 1. The molecule has 0 radical (unpaired) electrons. The van der Waals surface area contributed by atoms with Crippen LogP contribution in [-0.4, -0.2) is 40.5 Å².